The number of carbonyl (C=O) groups excluding carboxylic acids is 1. The number of hydrazone groups is 1. The van der Waals surface area contributed by atoms with Gasteiger partial charge in [-0.2, -0.15) is 5.10 Å². The zero-order valence-electron chi connectivity index (χ0n) is 16.3. The zero-order chi connectivity index (χ0) is 19.6. The molecule has 4 nitrogen and oxygen atoms in total. The fraction of sp³-hybridized carbons (Fsp3) is 0.364. The van der Waals surface area contributed by atoms with Gasteiger partial charge in [-0.15, -0.1) is 0 Å². The van der Waals surface area contributed by atoms with Gasteiger partial charge in [-0.25, -0.2) is 5.43 Å². The lowest BCUT2D eigenvalue weighted by Gasteiger charge is -2.47. The fourth-order valence-corrected chi connectivity index (χ4v) is 4.24. The Labute approximate surface area is 166 Å². The Bertz CT molecular complexity index is 876. The van der Waals surface area contributed by atoms with Crippen molar-refractivity contribution in [1.29, 1.82) is 0 Å². The van der Waals surface area contributed by atoms with Gasteiger partial charge in [0.1, 0.15) is 0 Å². The molecule has 1 aliphatic heterocycles. The van der Waals surface area contributed by atoms with Crippen molar-refractivity contribution in [3.05, 3.63) is 64.2 Å². The number of halogens is 1. The van der Waals surface area contributed by atoms with Gasteiger partial charge in [0.2, 0.25) is 0 Å². The molecule has 0 aliphatic carbocycles. The van der Waals surface area contributed by atoms with E-state index in [-0.39, 0.29) is 11.4 Å². The van der Waals surface area contributed by atoms with Gasteiger partial charge >= 0.3 is 0 Å². The van der Waals surface area contributed by atoms with Crippen LogP contribution in [0.3, 0.4) is 0 Å². The van der Waals surface area contributed by atoms with E-state index in [9.17, 15) is 4.79 Å². The van der Waals surface area contributed by atoms with Crippen LogP contribution in [0.5, 0.6) is 0 Å². The Kier molecular flexibility index (Phi) is 5.56. The van der Waals surface area contributed by atoms with Crippen LogP contribution in [-0.2, 0) is 0 Å². The zero-order valence-corrected chi connectivity index (χ0v) is 17.0. The van der Waals surface area contributed by atoms with Gasteiger partial charge < -0.3 is 4.90 Å². The average molecular weight is 384 g/mol. The van der Waals surface area contributed by atoms with Crippen LogP contribution in [0.4, 0.5) is 5.69 Å². The van der Waals surface area contributed by atoms with Crippen molar-refractivity contribution in [1.82, 2.24) is 5.43 Å². The van der Waals surface area contributed by atoms with E-state index in [0.717, 1.165) is 18.5 Å². The van der Waals surface area contributed by atoms with E-state index in [1.807, 2.05) is 6.07 Å². The summed E-state index contributed by atoms with van der Waals surface area (Å²) in [5.74, 6) is 0.200. The largest absolute Gasteiger partial charge is 0.366 e. The van der Waals surface area contributed by atoms with Crippen LogP contribution < -0.4 is 10.3 Å². The highest BCUT2D eigenvalue weighted by Gasteiger charge is 2.35. The topological polar surface area (TPSA) is 44.7 Å². The normalized spacial score (nSPS) is 18.4. The number of fused-ring (bicyclic) bond motifs is 1. The lowest BCUT2D eigenvalue weighted by Crippen LogP contribution is -2.48. The number of benzene rings is 2. The summed E-state index contributed by atoms with van der Waals surface area (Å²) in [6.45, 7) is 10.1. The first-order valence-corrected chi connectivity index (χ1v) is 9.70. The van der Waals surface area contributed by atoms with E-state index in [1.165, 1.54) is 11.3 Å². The Morgan fingerprint density at radius 2 is 2.11 bits per heavy atom. The maximum Gasteiger partial charge on any atom is 0.271 e. The van der Waals surface area contributed by atoms with Gasteiger partial charge in [-0.1, -0.05) is 30.7 Å². The molecule has 0 saturated carbocycles. The van der Waals surface area contributed by atoms with E-state index < -0.39 is 0 Å². The van der Waals surface area contributed by atoms with Crippen molar-refractivity contribution in [2.75, 3.05) is 11.4 Å². The molecule has 27 heavy (non-hydrogen) atoms. The molecule has 1 atom stereocenters. The summed E-state index contributed by atoms with van der Waals surface area (Å²) in [6.07, 6.45) is 2.80. The summed E-state index contributed by atoms with van der Waals surface area (Å²) in [7, 11) is 0. The third-order valence-electron chi connectivity index (χ3n) is 5.19. The van der Waals surface area contributed by atoms with Crippen molar-refractivity contribution in [2.45, 2.75) is 45.6 Å². The SMILES string of the molecule is CCN1c2ccc(/C=N\NC(=O)c3cccc(Cl)c3)cc2[C@@H](C)CC1(C)C. The van der Waals surface area contributed by atoms with Crippen molar-refractivity contribution in [2.24, 2.45) is 5.10 Å². The molecule has 1 heterocycles. The highest BCUT2D eigenvalue weighted by molar-refractivity contribution is 6.30. The Morgan fingerprint density at radius 1 is 1.33 bits per heavy atom. The van der Waals surface area contributed by atoms with Crippen LogP contribution in [0.25, 0.3) is 0 Å². The van der Waals surface area contributed by atoms with Crippen LogP contribution in [0.1, 0.15) is 61.5 Å². The second kappa shape index (κ2) is 7.73. The molecule has 5 heteroatoms. The predicted molar refractivity (Wildman–Crippen MR) is 113 cm³/mol. The van der Waals surface area contributed by atoms with Gasteiger partial charge in [0.25, 0.3) is 5.91 Å². The number of nitrogens with one attached hydrogen (secondary N) is 1. The highest BCUT2D eigenvalue weighted by atomic mass is 35.5. The first-order chi connectivity index (χ1) is 12.8. The maximum absolute atomic E-state index is 12.1. The van der Waals surface area contributed by atoms with Crippen LogP contribution in [0, 0.1) is 0 Å². The Balaban J connectivity index is 1.76. The van der Waals surface area contributed by atoms with Crippen molar-refractivity contribution in [3.8, 4) is 0 Å². The van der Waals surface area contributed by atoms with Crippen LogP contribution >= 0.6 is 11.6 Å². The molecule has 0 fully saturated rings. The quantitative estimate of drug-likeness (QED) is 0.581. The minimum atomic E-state index is -0.279. The molecule has 0 radical (unpaired) electrons. The van der Waals surface area contributed by atoms with Gasteiger partial charge in [-0.05, 0) is 74.6 Å². The molecular weight excluding hydrogens is 358 g/mol. The minimum Gasteiger partial charge on any atom is -0.366 e. The number of anilines is 1. The minimum absolute atomic E-state index is 0.154. The Morgan fingerprint density at radius 3 is 2.81 bits per heavy atom. The summed E-state index contributed by atoms with van der Waals surface area (Å²) in [5.41, 5.74) is 6.80. The van der Waals surface area contributed by atoms with Gasteiger partial charge in [0.15, 0.2) is 0 Å². The van der Waals surface area contributed by atoms with Gasteiger partial charge in [0.05, 0.1) is 6.21 Å². The molecule has 2 aromatic carbocycles. The molecule has 3 rings (SSSR count). The monoisotopic (exact) mass is 383 g/mol. The van der Waals surface area contributed by atoms with E-state index in [4.69, 9.17) is 11.6 Å². The van der Waals surface area contributed by atoms with Crippen LogP contribution in [0.15, 0.2) is 47.6 Å². The molecule has 1 amide bonds. The van der Waals surface area contributed by atoms with Crippen LogP contribution in [-0.4, -0.2) is 24.2 Å². The van der Waals surface area contributed by atoms with Gasteiger partial charge in [0, 0.05) is 28.4 Å². The third kappa shape index (κ3) is 4.16. The first-order valence-electron chi connectivity index (χ1n) is 9.32. The fourth-order valence-electron chi connectivity index (χ4n) is 4.05. The third-order valence-corrected chi connectivity index (χ3v) is 5.43. The second-order valence-electron chi connectivity index (χ2n) is 7.69. The smallest absolute Gasteiger partial charge is 0.271 e. The number of hydrogen-bond acceptors (Lipinski definition) is 3. The highest BCUT2D eigenvalue weighted by Crippen LogP contribution is 2.43. The van der Waals surface area contributed by atoms with E-state index in [0.29, 0.717) is 16.5 Å². The van der Waals surface area contributed by atoms with Crippen molar-refractivity contribution in [3.63, 3.8) is 0 Å². The second-order valence-corrected chi connectivity index (χ2v) is 8.13. The molecule has 2 aromatic rings. The molecule has 0 bridgehead atoms. The number of rotatable bonds is 4. The predicted octanol–water partition coefficient (Wildman–Crippen LogP) is 5.22. The summed E-state index contributed by atoms with van der Waals surface area (Å²) in [6, 6.07) is 13.2. The molecule has 1 N–H and O–H groups in total. The molecular formula is C22H26ClN3O. The van der Waals surface area contributed by atoms with Crippen LogP contribution in [0.2, 0.25) is 5.02 Å². The standard InChI is InChI=1S/C22H26ClN3O/c1-5-26-20-10-9-16(11-19(20)15(2)13-22(26,3)4)14-24-25-21(27)17-7-6-8-18(23)12-17/h6-12,14-15H,5,13H2,1-4H3,(H,25,27)/b24-14-/t15-/m0/s1. The molecule has 0 saturated heterocycles. The molecule has 1 aliphatic rings. The number of carbonyl (C=O) groups is 1. The molecule has 0 spiro atoms. The summed E-state index contributed by atoms with van der Waals surface area (Å²) >= 11 is 5.92. The molecule has 0 unspecified atom stereocenters. The lowest BCUT2D eigenvalue weighted by atomic mass is 9.79. The van der Waals surface area contributed by atoms with E-state index in [1.54, 1.807) is 30.5 Å². The summed E-state index contributed by atoms with van der Waals surface area (Å²) in [5, 5.41) is 4.63. The van der Waals surface area contributed by atoms with Crippen molar-refractivity contribution < 1.29 is 4.79 Å². The average Bonchev–Trinajstić information content (AvgIpc) is 2.61. The first kappa shape index (κ1) is 19.4. The summed E-state index contributed by atoms with van der Waals surface area (Å²) < 4.78 is 0. The lowest BCUT2D eigenvalue weighted by molar-refractivity contribution is 0.0955. The molecule has 0 aromatic heterocycles. The number of hydrogen-bond donors (Lipinski definition) is 1. The van der Waals surface area contributed by atoms with Gasteiger partial charge in [-0.3, -0.25) is 4.79 Å². The van der Waals surface area contributed by atoms with E-state index in [2.05, 4.69) is 55.3 Å². The van der Waals surface area contributed by atoms with Crippen molar-refractivity contribution >= 4 is 29.4 Å². The maximum atomic E-state index is 12.1. The number of nitrogens with zero attached hydrogens (tertiary/aromatic N) is 2. The summed E-state index contributed by atoms with van der Waals surface area (Å²) in [4.78, 5) is 14.6. The number of amides is 1. The Hall–Kier alpha value is -2.33. The van der Waals surface area contributed by atoms with E-state index >= 15 is 0 Å². The molecule has 142 valence electrons.